The molecule has 14 heavy (non-hydrogen) atoms. The van der Waals surface area contributed by atoms with Gasteiger partial charge in [-0.15, -0.1) is 0 Å². The van der Waals surface area contributed by atoms with E-state index in [4.69, 9.17) is 0 Å². The maximum absolute atomic E-state index is 11.8. The Kier molecular flexibility index (Phi) is 4.59. The molecule has 1 rings (SSSR count). The largest absolute Gasteiger partial charge is 0.305 e. The van der Waals surface area contributed by atoms with Crippen molar-refractivity contribution in [1.29, 1.82) is 0 Å². The third-order valence-corrected chi connectivity index (χ3v) is 3.08. The van der Waals surface area contributed by atoms with Gasteiger partial charge in [0.2, 0.25) is 0 Å². The second-order valence-electron chi connectivity index (χ2n) is 4.66. The average molecular weight is 197 g/mol. The lowest BCUT2D eigenvalue weighted by molar-refractivity contribution is -0.122. The van der Waals surface area contributed by atoms with Crippen molar-refractivity contribution in [3.63, 3.8) is 0 Å². The van der Waals surface area contributed by atoms with E-state index in [1.807, 2.05) is 6.92 Å². The molecule has 0 aromatic rings. The van der Waals surface area contributed by atoms with Crippen molar-refractivity contribution in [2.45, 2.75) is 65.0 Å². The molecule has 0 amide bonds. The van der Waals surface area contributed by atoms with E-state index in [2.05, 4.69) is 19.2 Å². The van der Waals surface area contributed by atoms with Crippen LogP contribution in [0.5, 0.6) is 0 Å². The number of ketones is 1. The van der Waals surface area contributed by atoms with Gasteiger partial charge in [-0.25, -0.2) is 0 Å². The summed E-state index contributed by atoms with van der Waals surface area (Å²) in [7, 11) is 0. The summed E-state index contributed by atoms with van der Waals surface area (Å²) in [6.07, 6.45) is 5.74. The summed E-state index contributed by atoms with van der Waals surface area (Å²) in [5.74, 6) is 0.996. The standard InChI is InChI=1S/C12H23NO/c1-4-11(14)12(13-9(2)3)10-7-5-6-8-10/h9-10,12-13H,4-8H2,1-3H3/t12-/m1/s1. The summed E-state index contributed by atoms with van der Waals surface area (Å²) in [4.78, 5) is 11.8. The van der Waals surface area contributed by atoms with Crippen LogP contribution in [0.3, 0.4) is 0 Å². The summed E-state index contributed by atoms with van der Waals surface area (Å²) in [6, 6.07) is 0.540. The second kappa shape index (κ2) is 5.50. The monoisotopic (exact) mass is 197 g/mol. The third kappa shape index (κ3) is 3.09. The predicted molar refractivity (Wildman–Crippen MR) is 59.3 cm³/mol. The van der Waals surface area contributed by atoms with Crippen LogP contribution in [-0.2, 0) is 4.79 Å². The van der Waals surface area contributed by atoms with E-state index in [1.165, 1.54) is 25.7 Å². The number of rotatable bonds is 5. The molecule has 0 unspecified atom stereocenters. The molecule has 1 saturated carbocycles. The Bertz CT molecular complexity index is 183. The Labute approximate surface area is 87.5 Å². The Morgan fingerprint density at radius 2 is 1.93 bits per heavy atom. The Balaban J connectivity index is 2.55. The lowest BCUT2D eigenvalue weighted by atomic mass is 9.93. The van der Waals surface area contributed by atoms with Gasteiger partial charge in [0.15, 0.2) is 0 Å². The predicted octanol–water partition coefficient (Wildman–Crippen LogP) is 2.52. The number of hydrogen-bond donors (Lipinski definition) is 1. The molecule has 1 aliphatic rings. The van der Waals surface area contributed by atoms with Gasteiger partial charge in [0, 0.05) is 12.5 Å². The van der Waals surface area contributed by atoms with Crippen LogP contribution < -0.4 is 5.32 Å². The Morgan fingerprint density at radius 1 is 1.36 bits per heavy atom. The number of Topliss-reactive ketones (excluding diaryl/α,β-unsaturated/α-hetero) is 1. The van der Waals surface area contributed by atoms with Gasteiger partial charge in [-0.3, -0.25) is 4.79 Å². The lowest BCUT2D eigenvalue weighted by Crippen LogP contribution is -2.45. The van der Waals surface area contributed by atoms with Crippen molar-refractivity contribution in [2.24, 2.45) is 5.92 Å². The second-order valence-corrected chi connectivity index (χ2v) is 4.66. The maximum atomic E-state index is 11.8. The highest BCUT2D eigenvalue weighted by Crippen LogP contribution is 2.28. The normalized spacial score (nSPS) is 20.3. The Morgan fingerprint density at radius 3 is 2.36 bits per heavy atom. The van der Waals surface area contributed by atoms with Gasteiger partial charge in [-0.1, -0.05) is 33.6 Å². The summed E-state index contributed by atoms with van der Waals surface area (Å²) < 4.78 is 0. The number of carbonyl (C=O) groups is 1. The minimum Gasteiger partial charge on any atom is -0.305 e. The fourth-order valence-electron chi connectivity index (χ4n) is 2.36. The van der Waals surface area contributed by atoms with Gasteiger partial charge < -0.3 is 5.32 Å². The quantitative estimate of drug-likeness (QED) is 0.733. The van der Waals surface area contributed by atoms with Crippen molar-refractivity contribution >= 4 is 5.78 Å². The average Bonchev–Trinajstić information content (AvgIpc) is 2.65. The van der Waals surface area contributed by atoms with E-state index >= 15 is 0 Å². The number of carbonyl (C=O) groups excluding carboxylic acids is 1. The van der Waals surface area contributed by atoms with Gasteiger partial charge in [-0.2, -0.15) is 0 Å². The summed E-state index contributed by atoms with van der Waals surface area (Å²) in [5.41, 5.74) is 0. The SMILES string of the molecule is CCC(=O)[C@H](NC(C)C)C1CCCC1. The first-order valence-electron chi connectivity index (χ1n) is 5.94. The zero-order valence-corrected chi connectivity index (χ0v) is 9.68. The van der Waals surface area contributed by atoms with E-state index in [-0.39, 0.29) is 6.04 Å². The van der Waals surface area contributed by atoms with Crippen molar-refractivity contribution in [1.82, 2.24) is 5.32 Å². The first-order chi connectivity index (χ1) is 6.65. The van der Waals surface area contributed by atoms with Gasteiger partial charge in [-0.05, 0) is 18.8 Å². The van der Waals surface area contributed by atoms with Crippen LogP contribution in [0.1, 0.15) is 52.9 Å². The molecule has 1 atom stereocenters. The van der Waals surface area contributed by atoms with Gasteiger partial charge in [0.25, 0.3) is 0 Å². The summed E-state index contributed by atoms with van der Waals surface area (Å²) >= 11 is 0. The zero-order valence-electron chi connectivity index (χ0n) is 9.68. The van der Waals surface area contributed by atoms with Crippen LogP contribution in [0.4, 0.5) is 0 Å². The first kappa shape index (κ1) is 11.7. The molecule has 0 aliphatic heterocycles. The maximum Gasteiger partial charge on any atom is 0.149 e. The number of hydrogen-bond acceptors (Lipinski definition) is 2. The minimum absolute atomic E-state index is 0.127. The molecule has 82 valence electrons. The van der Waals surface area contributed by atoms with E-state index in [0.717, 1.165) is 0 Å². The van der Waals surface area contributed by atoms with Crippen molar-refractivity contribution in [3.05, 3.63) is 0 Å². The molecule has 0 aromatic heterocycles. The van der Waals surface area contributed by atoms with Crippen LogP contribution in [0.25, 0.3) is 0 Å². The van der Waals surface area contributed by atoms with Gasteiger partial charge >= 0.3 is 0 Å². The third-order valence-electron chi connectivity index (χ3n) is 3.08. The van der Waals surface area contributed by atoms with E-state index in [9.17, 15) is 4.79 Å². The molecular weight excluding hydrogens is 174 g/mol. The Hall–Kier alpha value is -0.370. The molecular formula is C12H23NO. The molecule has 0 spiro atoms. The highest BCUT2D eigenvalue weighted by atomic mass is 16.1. The first-order valence-corrected chi connectivity index (χ1v) is 5.94. The molecule has 2 nitrogen and oxygen atoms in total. The van der Waals surface area contributed by atoms with E-state index < -0.39 is 0 Å². The topological polar surface area (TPSA) is 29.1 Å². The lowest BCUT2D eigenvalue weighted by Gasteiger charge is -2.25. The molecule has 0 heterocycles. The zero-order chi connectivity index (χ0) is 10.6. The molecule has 1 N–H and O–H groups in total. The van der Waals surface area contributed by atoms with E-state index in [1.54, 1.807) is 0 Å². The smallest absolute Gasteiger partial charge is 0.149 e. The molecule has 0 bridgehead atoms. The molecule has 0 saturated heterocycles. The molecule has 2 heteroatoms. The van der Waals surface area contributed by atoms with Crippen LogP contribution in [0.2, 0.25) is 0 Å². The van der Waals surface area contributed by atoms with Crippen LogP contribution in [-0.4, -0.2) is 17.9 Å². The van der Waals surface area contributed by atoms with Crippen molar-refractivity contribution in [2.75, 3.05) is 0 Å². The van der Waals surface area contributed by atoms with Crippen molar-refractivity contribution < 1.29 is 4.79 Å². The van der Waals surface area contributed by atoms with Crippen LogP contribution in [0.15, 0.2) is 0 Å². The summed E-state index contributed by atoms with van der Waals surface area (Å²) in [6.45, 7) is 6.20. The van der Waals surface area contributed by atoms with Crippen molar-refractivity contribution in [3.8, 4) is 0 Å². The fraction of sp³-hybridized carbons (Fsp3) is 0.917. The summed E-state index contributed by atoms with van der Waals surface area (Å²) in [5, 5.41) is 3.42. The fourth-order valence-corrected chi connectivity index (χ4v) is 2.36. The highest BCUT2D eigenvalue weighted by Gasteiger charge is 2.29. The molecule has 0 aromatic carbocycles. The number of nitrogens with one attached hydrogen (secondary N) is 1. The van der Waals surface area contributed by atoms with E-state index in [0.29, 0.717) is 24.2 Å². The van der Waals surface area contributed by atoms with Crippen LogP contribution in [0, 0.1) is 5.92 Å². The molecule has 1 fully saturated rings. The highest BCUT2D eigenvalue weighted by molar-refractivity contribution is 5.84. The molecule has 1 aliphatic carbocycles. The van der Waals surface area contributed by atoms with Gasteiger partial charge in [0.1, 0.15) is 5.78 Å². The van der Waals surface area contributed by atoms with Gasteiger partial charge in [0.05, 0.1) is 6.04 Å². The minimum atomic E-state index is 0.127. The van der Waals surface area contributed by atoms with Crippen LogP contribution >= 0.6 is 0 Å². The molecule has 0 radical (unpaired) electrons.